The number of aromatic nitrogens is 2. The van der Waals surface area contributed by atoms with Crippen molar-refractivity contribution >= 4 is 22.5 Å². The average molecular weight is 289 g/mol. The Labute approximate surface area is 120 Å². The molecule has 0 unspecified atom stereocenters. The normalized spacial score (nSPS) is 10.8. The molecule has 3 nitrogen and oxygen atoms in total. The van der Waals surface area contributed by atoms with Gasteiger partial charge < -0.3 is 4.74 Å². The summed E-state index contributed by atoms with van der Waals surface area (Å²) in [5.41, 5.74) is 1.39. The maximum absolute atomic E-state index is 13.4. The Bertz CT molecular complexity index is 792. The van der Waals surface area contributed by atoms with E-state index < -0.39 is 5.82 Å². The smallest absolute Gasteiger partial charge is 0.165 e. The molecule has 3 aromatic rings. The van der Waals surface area contributed by atoms with Crippen LogP contribution in [0.5, 0.6) is 5.75 Å². The number of halogens is 2. The third kappa shape index (κ3) is 2.18. The van der Waals surface area contributed by atoms with Crippen LogP contribution in [0.4, 0.5) is 4.39 Å². The predicted octanol–water partition coefficient (Wildman–Crippen LogP) is 4.10. The van der Waals surface area contributed by atoms with Crippen LogP contribution in [0.2, 0.25) is 5.15 Å². The second kappa shape index (κ2) is 5.06. The first-order chi connectivity index (χ1) is 9.69. The molecule has 0 bridgehead atoms. The van der Waals surface area contributed by atoms with Gasteiger partial charge in [0.25, 0.3) is 0 Å². The third-order valence-corrected chi connectivity index (χ3v) is 3.25. The fourth-order valence-electron chi connectivity index (χ4n) is 1.97. The summed E-state index contributed by atoms with van der Waals surface area (Å²) in [7, 11) is 1.41. The lowest BCUT2D eigenvalue weighted by Crippen LogP contribution is -1.94. The van der Waals surface area contributed by atoms with Gasteiger partial charge in [-0.25, -0.2) is 14.4 Å². The van der Waals surface area contributed by atoms with E-state index in [9.17, 15) is 4.39 Å². The first-order valence-electron chi connectivity index (χ1n) is 5.95. The van der Waals surface area contributed by atoms with Crippen LogP contribution in [-0.4, -0.2) is 17.1 Å². The van der Waals surface area contributed by atoms with Crippen LogP contribution in [0.3, 0.4) is 0 Å². The van der Waals surface area contributed by atoms with Crippen molar-refractivity contribution in [1.29, 1.82) is 0 Å². The summed E-state index contributed by atoms with van der Waals surface area (Å²) in [5.74, 6) is 0.158. The highest BCUT2D eigenvalue weighted by Gasteiger charge is 2.10. The number of hydrogen-bond donors (Lipinski definition) is 0. The molecule has 0 saturated heterocycles. The minimum Gasteiger partial charge on any atom is -0.494 e. The first kappa shape index (κ1) is 12.8. The Kier molecular flexibility index (Phi) is 3.24. The molecule has 2 aromatic carbocycles. The average Bonchev–Trinajstić information content (AvgIpc) is 2.47. The fourth-order valence-corrected chi connectivity index (χ4v) is 2.21. The topological polar surface area (TPSA) is 35.0 Å². The lowest BCUT2D eigenvalue weighted by molar-refractivity contribution is 0.387. The summed E-state index contributed by atoms with van der Waals surface area (Å²) >= 11 is 6.16. The van der Waals surface area contributed by atoms with E-state index in [0.717, 1.165) is 10.9 Å². The summed E-state index contributed by atoms with van der Waals surface area (Å²) in [6, 6.07) is 11.9. The molecule has 0 saturated carbocycles. The summed E-state index contributed by atoms with van der Waals surface area (Å²) in [5, 5.41) is 1.15. The number of rotatable bonds is 2. The van der Waals surface area contributed by atoms with E-state index in [1.165, 1.54) is 13.2 Å². The van der Waals surface area contributed by atoms with Gasteiger partial charge >= 0.3 is 0 Å². The van der Waals surface area contributed by atoms with Gasteiger partial charge in [0.1, 0.15) is 5.15 Å². The van der Waals surface area contributed by atoms with E-state index >= 15 is 0 Å². The molecule has 0 amide bonds. The molecular weight excluding hydrogens is 279 g/mol. The highest BCUT2D eigenvalue weighted by atomic mass is 35.5. The first-order valence-corrected chi connectivity index (χ1v) is 6.33. The number of para-hydroxylation sites is 1. The van der Waals surface area contributed by atoms with E-state index in [1.807, 2.05) is 24.3 Å². The van der Waals surface area contributed by atoms with Gasteiger partial charge in [-0.15, -0.1) is 0 Å². The highest BCUT2D eigenvalue weighted by molar-refractivity contribution is 6.34. The molecule has 5 heteroatoms. The molecule has 100 valence electrons. The monoisotopic (exact) mass is 288 g/mol. The number of nitrogens with zero attached hydrogens (tertiary/aromatic N) is 2. The minimum atomic E-state index is -0.428. The van der Waals surface area contributed by atoms with Crippen molar-refractivity contribution in [3.05, 3.63) is 53.4 Å². The van der Waals surface area contributed by atoms with Crippen molar-refractivity contribution in [1.82, 2.24) is 9.97 Å². The van der Waals surface area contributed by atoms with Crippen LogP contribution in [0.25, 0.3) is 22.3 Å². The summed E-state index contributed by atoms with van der Waals surface area (Å²) in [4.78, 5) is 8.69. The predicted molar refractivity (Wildman–Crippen MR) is 76.5 cm³/mol. The van der Waals surface area contributed by atoms with Gasteiger partial charge in [0.15, 0.2) is 17.4 Å². The number of hydrogen-bond acceptors (Lipinski definition) is 3. The molecule has 0 fully saturated rings. The van der Waals surface area contributed by atoms with Crippen molar-refractivity contribution in [2.24, 2.45) is 0 Å². The van der Waals surface area contributed by atoms with Gasteiger partial charge in [0.05, 0.1) is 12.6 Å². The number of ether oxygens (including phenoxy) is 1. The van der Waals surface area contributed by atoms with E-state index in [1.54, 1.807) is 12.1 Å². The zero-order valence-corrected chi connectivity index (χ0v) is 11.4. The maximum Gasteiger partial charge on any atom is 0.165 e. The van der Waals surface area contributed by atoms with Crippen LogP contribution in [0.15, 0.2) is 42.5 Å². The van der Waals surface area contributed by atoms with Crippen molar-refractivity contribution in [3.8, 4) is 17.1 Å². The Balaban J connectivity index is 2.19. The van der Waals surface area contributed by atoms with Crippen LogP contribution in [-0.2, 0) is 0 Å². The van der Waals surface area contributed by atoms with Gasteiger partial charge in [0, 0.05) is 10.9 Å². The standard InChI is InChI=1S/C15H10ClFN2O/c1-20-13-8-9(6-7-11(13)17)15-18-12-5-3-2-4-10(12)14(16)19-15/h2-8H,1H3. The van der Waals surface area contributed by atoms with Crippen molar-refractivity contribution in [2.45, 2.75) is 0 Å². The maximum atomic E-state index is 13.4. The van der Waals surface area contributed by atoms with Crippen molar-refractivity contribution < 1.29 is 9.13 Å². The SMILES string of the molecule is COc1cc(-c2nc(Cl)c3ccccc3n2)ccc1F. The fraction of sp³-hybridized carbons (Fsp3) is 0.0667. The third-order valence-electron chi connectivity index (χ3n) is 2.97. The minimum absolute atomic E-state index is 0.149. The van der Waals surface area contributed by atoms with E-state index in [4.69, 9.17) is 16.3 Å². The zero-order valence-electron chi connectivity index (χ0n) is 10.6. The van der Waals surface area contributed by atoms with Gasteiger partial charge in [-0.05, 0) is 30.3 Å². The second-order valence-electron chi connectivity index (χ2n) is 4.20. The van der Waals surface area contributed by atoms with Crippen molar-refractivity contribution in [3.63, 3.8) is 0 Å². The number of methoxy groups -OCH3 is 1. The molecular formula is C15H10ClFN2O. The molecule has 20 heavy (non-hydrogen) atoms. The Morgan fingerprint density at radius 2 is 1.90 bits per heavy atom. The van der Waals surface area contributed by atoms with Gasteiger partial charge in [-0.2, -0.15) is 0 Å². The molecule has 0 atom stereocenters. The van der Waals surface area contributed by atoms with Crippen molar-refractivity contribution in [2.75, 3.05) is 7.11 Å². The molecule has 1 aromatic heterocycles. The molecule has 0 aliphatic carbocycles. The molecule has 3 rings (SSSR count). The van der Waals surface area contributed by atoms with Gasteiger partial charge in [-0.1, -0.05) is 23.7 Å². The van der Waals surface area contributed by atoms with Crippen LogP contribution in [0.1, 0.15) is 0 Å². The summed E-state index contributed by atoms with van der Waals surface area (Å²) in [6.45, 7) is 0. The van der Waals surface area contributed by atoms with E-state index in [2.05, 4.69) is 9.97 Å². The highest BCUT2D eigenvalue weighted by Crippen LogP contribution is 2.27. The van der Waals surface area contributed by atoms with E-state index in [-0.39, 0.29) is 5.75 Å². The lowest BCUT2D eigenvalue weighted by atomic mass is 10.2. The molecule has 0 spiro atoms. The Hall–Kier alpha value is -2.20. The molecule has 0 aliphatic heterocycles. The zero-order chi connectivity index (χ0) is 14.1. The number of fused-ring (bicyclic) bond motifs is 1. The van der Waals surface area contributed by atoms with Crippen LogP contribution in [0, 0.1) is 5.82 Å². The second-order valence-corrected chi connectivity index (χ2v) is 4.56. The summed E-state index contributed by atoms with van der Waals surface area (Å²) < 4.78 is 18.4. The Morgan fingerprint density at radius 3 is 2.70 bits per heavy atom. The molecule has 1 heterocycles. The molecule has 0 N–H and O–H groups in total. The van der Waals surface area contributed by atoms with Gasteiger partial charge in [-0.3, -0.25) is 0 Å². The van der Waals surface area contributed by atoms with E-state index in [0.29, 0.717) is 16.5 Å². The Morgan fingerprint density at radius 1 is 1.10 bits per heavy atom. The van der Waals surface area contributed by atoms with Crippen LogP contribution >= 0.6 is 11.6 Å². The molecule has 0 radical (unpaired) electrons. The largest absolute Gasteiger partial charge is 0.494 e. The molecule has 0 aliphatic rings. The summed E-state index contributed by atoms with van der Waals surface area (Å²) in [6.07, 6.45) is 0. The van der Waals surface area contributed by atoms with Crippen LogP contribution < -0.4 is 4.74 Å². The lowest BCUT2D eigenvalue weighted by Gasteiger charge is -2.07. The quantitative estimate of drug-likeness (QED) is 0.666. The van der Waals surface area contributed by atoms with Gasteiger partial charge in [0.2, 0.25) is 0 Å². The number of benzene rings is 2.